The number of aromatic nitrogens is 1. The van der Waals surface area contributed by atoms with E-state index in [9.17, 15) is 0 Å². The van der Waals surface area contributed by atoms with Crippen LogP contribution >= 0.6 is 11.3 Å². The van der Waals surface area contributed by atoms with E-state index in [2.05, 4.69) is 246 Å². The van der Waals surface area contributed by atoms with E-state index >= 15 is 0 Å². The van der Waals surface area contributed by atoms with E-state index in [1.807, 2.05) is 17.4 Å². The lowest BCUT2D eigenvalue weighted by Crippen LogP contribution is -2.10. The first-order valence-electron chi connectivity index (χ1n) is 23.2. The molecule has 68 heavy (non-hydrogen) atoms. The van der Waals surface area contributed by atoms with Crippen LogP contribution < -0.4 is 4.90 Å². The van der Waals surface area contributed by atoms with Gasteiger partial charge in [-0.1, -0.05) is 176 Å². The molecule has 0 spiro atoms. The minimum atomic E-state index is 0.896. The van der Waals surface area contributed by atoms with Crippen molar-refractivity contribution in [2.45, 2.75) is 0 Å². The summed E-state index contributed by atoms with van der Waals surface area (Å²) in [5.74, 6) is 0. The van der Waals surface area contributed by atoms with Crippen LogP contribution in [0.5, 0.6) is 0 Å². The summed E-state index contributed by atoms with van der Waals surface area (Å²) in [6.45, 7) is 0. The number of hydrogen-bond acceptors (Lipinski definition) is 3. The van der Waals surface area contributed by atoms with E-state index in [0.717, 1.165) is 55.8 Å². The third-order valence-electron chi connectivity index (χ3n) is 13.8. The van der Waals surface area contributed by atoms with Gasteiger partial charge in [0.25, 0.3) is 0 Å². The lowest BCUT2D eigenvalue weighted by molar-refractivity contribution is 0.670. The van der Waals surface area contributed by atoms with Crippen molar-refractivity contribution in [1.82, 2.24) is 4.57 Å². The number of furan rings is 1. The summed E-state index contributed by atoms with van der Waals surface area (Å²) in [6.07, 6.45) is 0. The van der Waals surface area contributed by atoms with Gasteiger partial charge in [-0.3, -0.25) is 0 Å². The minimum absolute atomic E-state index is 0.896. The molecule has 4 heteroatoms. The Balaban J connectivity index is 0.952. The van der Waals surface area contributed by atoms with E-state index in [1.165, 1.54) is 75.0 Å². The molecule has 3 aromatic heterocycles. The molecule has 0 N–H and O–H groups in total. The van der Waals surface area contributed by atoms with E-state index in [0.29, 0.717) is 0 Å². The molecule has 0 aliphatic heterocycles. The van der Waals surface area contributed by atoms with Crippen LogP contribution in [0.1, 0.15) is 0 Å². The largest absolute Gasteiger partial charge is 0.455 e. The van der Waals surface area contributed by atoms with Crippen molar-refractivity contribution in [3.05, 3.63) is 243 Å². The number of thiophene rings is 1. The number of fused-ring (bicyclic) bond motifs is 10. The Morgan fingerprint density at radius 3 is 1.79 bits per heavy atom. The van der Waals surface area contributed by atoms with Crippen LogP contribution in [-0.4, -0.2) is 4.57 Å². The van der Waals surface area contributed by atoms with Crippen LogP contribution in [0, 0.1) is 0 Å². The topological polar surface area (TPSA) is 21.3 Å². The fourth-order valence-corrected chi connectivity index (χ4v) is 12.0. The predicted molar refractivity (Wildman–Crippen MR) is 289 cm³/mol. The van der Waals surface area contributed by atoms with Gasteiger partial charge in [-0.2, -0.15) is 0 Å². The van der Waals surface area contributed by atoms with Crippen LogP contribution in [0.4, 0.5) is 17.1 Å². The van der Waals surface area contributed by atoms with Gasteiger partial charge in [0.15, 0.2) is 0 Å². The molecule has 0 aliphatic carbocycles. The second kappa shape index (κ2) is 15.5. The summed E-state index contributed by atoms with van der Waals surface area (Å²) in [4.78, 5) is 2.45. The number of anilines is 3. The highest BCUT2D eigenvalue weighted by molar-refractivity contribution is 7.26. The molecule has 318 valence electrons. The predicted octanol–water partition coefficient (Wildman–Crippen LogP) is 18.7. The number of para-hydroxylation sites is 4. The monoisotopic (exact) mass is 884 g/mol. The molecule has 0 unspecified atom stereocenters. The van der Waals surface area contributed by atoms with Crippen molar-refractivity contribution in [2.24, 2.45) is 0 Å². The molecule has 14 aromatic rings. The number of nitrogens with zero attached hydrogens (tertiary/aromatic N) is 2. The number of benzene rings is 11. The Hall–Kier alpha value is -8.70. The van der Waals surface area contributed by atoms with Gasteiger partial charge >= 0.3 is 0 Å². The van der Waals surface area contributed by atoms with Crippen molar-refractivity contribution in [2.75, 3.05) is 4.90 Å². The third kappa shape index (κ3) is 6.05. The molecule has 0 aliphatic rings. The lowest BCUT2D eigenvalue weighted by atomic mass is 9.97. The molecule has 3 nitrogen and oxygen atoms in total. The van der Waals surface area contributed by atoms with Gasteiger partial charge in [0, 0.05) is 64.3 Å². The average Bonchev–Trinajstić information content (AvgIpc) is 4.10. The summed E-state index contributed by atoms with van der Waals surface area (Å²) >= 11 is 1.87. The van der Waals surface area contributed by atoms with Crippen molar-refractivity contribution in [3.8, 4) is 39.1 Å². The standard InChI is InChI=1S/C64H40N2OS/c1-2-18-48-41(14-1)15-12-23-49(48)42-30-34-45(35-31-42)65(47-17-11-16-44(40-47)50-24-13-25-55-54-21-5-9-28-60(54)67-63(50)55)59-39-38-51(64-62(59)56-22-6-10-29-61(56)68-64)43-32-36-46(37-33-43)66-57-26-7-3-19-52(57)53-20-4-8-27-58(53)66/h1-40H. The Morgan fingerprint density at radius 2 is 0.985 bits per heavy atom. The number of hydrogen-bond donors (Lipinski definition) is 0. The molecule has 0 saturated heterocycles. The van der Waals surface area contributed by atoms with E-state index in [4.69, 9.17) is 4.42 Å². The third-order valence-corrected chi connectivity index (χ3v) is 15.0. The molecular formula is C64H40N2OS. The molecule has 0 atom stereocenters. The Morgan fingerprint density at radius 1 is 0.382 bits per heavy atom. The van der Waals surface area contributed by atoms with Gasteiger partial charge < -0.3 is 13.9 Å². The van der Waals surface area contributed by atoms with E-state index in [1.54, 1.807) is 0 Å². The molecule has 0 bridgehead atoms. The van der Waals surface area contributed by atoms with E-state index in [-0.39, 0.29) is 0 Å². The van der Waals surface area contributed by atoms with Crippen LogP contribution in [0.2, 0.25) is 0 Å². The Labute approximate surface area is 396 Å². The quantitative estimate of drug-likeness (QED) is 0.159. The first kappa shape index (κ1) is 38.6. The zero-order valence-corrected chi connectivity index (χ0v) is 37.6. The summed E-state index contributed by atoms with van der Waals surface area (Å²) in [5, 5.41) is 9.73. The minimum Gasteiger partial charge on any atom is -0.455 e. The van der Waals surface area contributed by atoms with Crippen molar-refractivity contribution >= 4 is 103 Å². The highest BCUT2D eigenvalue weighted by atomic mass is 32.1. The van der Waals surface area contributed by atoms with Crippen LogP contribution in [0.15, 0.2) is 247 Å². The molecule has 0 amide bonds. The van der Waals surface area contributed by atoms with Gasteiger partial charge in [0.1, 0.15) is 11.2 Å². The lowest BCUT2D eigenvalue weighted by Gasteiger charge is -2.28. The zero-order chi connectivity index (χ0) is 44.7. The van der Waals surface area contributed by atoms with Gasteiger partial charge in [-0.25, -0.2) is 0 Å². The smallest absolute Gasteiger partial charge is 0.143 e. The van der Waals surface area contributed by atoms with Gasteiger partial charge in [0.05, 0.1) is 16.7 Å². The zero-order valence-electron chi connectivity index (χ0n) is 36.8. The molecule has 11 aromatic carbocycles. The molecule has 0 radical (unpaired) electrons. The van der Waals surface area contributed by atoms with E-state index < -0.39 is 0 Å². The molecule has 3 heterocycles. The first-order valence-corrected chi connectivity index (χ1v) is 24.0. The summed E-state index contributed by atoms with van der Waals surface area (Å²) in [7, 11) is 0. The molecule has 0 saturated carbocycles. The maximum Gasteiger partial charge on any atom is 0.143 e. The fraction of sp³-hybridized carbons (Fsp3) is 0. The first-order chi connectivity index (χ1) is 33.7. The van der Waals surface area contributed by atoms with Crippen LogP contribution in [-0.2, 0) is 0 Å². The summed E-state index contributed by atoms with van der Waals surface area (Å²) < 4.78 is 11.5. The molecular weight excluding hydrogens is 845 g/mol. The molecule has 0 fully saturated rings. The van der Waals surface area contributed by atoms with Crippen LogP contribution in [0.25, 0.3) is 114 Å². The molecule has 14 rings (SSSR count). The summed E-state index contributed by atoms with van der Waals surface area (Å²) in [6, 6.07) is 88.2. The van der Waals surface area contributed by atoms with Gasteiger partial charge in [-0.15, -0.1) is 11.3 Å². The second-order valence-corrected chi connectivity index (χ2v) is 18.6. The van der Waals surface area contributed by atoms with Crippen molar-refractivity contribution in [1.29, 1.82) is 0 Å². The number of rotatable bonds is 7. The van der Waals surface area contributed by atoms with Crippen molar-refractivity contribution in [3.63, 3.8) is 0 Å². The Kier molecular flexibility index (Phi) is 8.76. The second-order valence-electron chi connectivity index (χ2n) is 17.6. The average molecular weight is 885 g/mol. The highest BCUT2D eigenvalue weighted by Crippen LogP contribution is 2.49. The van der Waals surface area contributed by atoms with Crippen LogP contribution in [0.3, 0.4) is 0 Å². The van der Waals surface area contributed by atoms with Crippen molar-refractivity contribution < 1.29 is 4.42 Å². The fourth-order valence-electron chi connectivity index (χ4n) is 10.7. The summed E-state index contributed by atoms with van der Waals surface area (Å²) in [5.41, 5.74) is 15.6. The highest BCUT2D eigenvalue weighted by Gasteiger charge is 2.23. The maximum absolute atomic E-state index is 6.60. The Bertz CT molecular complexity index is 4210. The normalized spacial score (nSPS) is 11.8. The van der Waals surface area contributed by atoms with Gasteiger partial charge in [0.2, 0.25) is 0 Å². The van der Waals surface area contributed by atoms with Gasteiger partial charge in [-0.05, 0) is 105 Å². The SMILES string of the molecule is c1cc(-c2cccc3c2oc2ccccc23)cc(N(c2ccc(-c3cccc4ccccc34)cc2)c2ccc(-c3ccc(-n4c5ccccc5c5ccccc54)cc3)c3sc4ccccc4c23)c1. The maximum atomic E-state index is 6.60.